The van der Waals surface area contributed by atoms with Crippen molar-refractivity contribution in [1.82, 2.24) is 0 Å². The third-order valence-electron chi connectivity index (χ3n) is 2.06. The second kappa shape index (κ2) is 3.97. The first-order valence-electron chi connectivity index (χ1n) is 4.37. The highest BCUT2D eigenvalue weighted by Gasteiger charge is 2.14. The van der Waals surface area contributed by atoms with Gasteiger partial charge in [-0.15, -0.1) is 0 Å². The molecule has 0 aromatic carbocycles. The maximum Gasteiger partial charge on any atom is 0.0494 e. The minimum atomic E-state index is 0.840. The van der Waals surface area contributed by atoms with Gasteiger partial charge in [-0.05, 0) is 31.1 Å². The smallest absolute Gasteiger partial charge is 0.0494 e. The van der Waals surface area contributed by atoms with E-state index in [1.807, 2.05) is 0 Å². The number of hydrogen-bond donors (Lipinski definition) is 0. The monoisotopic (exact) mass is 142 g/mol. The number of hydrogen-bond acceptors (Lipinski definition) is 1. The maximum atomic E-state index is 5.38. The summed E-state index contributed by atoms with van der Waals surface area (Å²) in [6.07, 6.45) is 4.01. The zero-order valence-corrected chi connectivity index (χ0v) is 7.10. The zero-order valence-electron chi connectivity index (χ0n) is 7.10. The molecule has 0 spiro atoms. The van der Waals surface area contributed by atoms with Crippen molar-refractivity contribution in [1.29, 1.82) is 0 Å². The standard InChI is InChI=1S/C9H18O/c1-8(2)6-9-4-3-5-10-7-9/h8-9H,3-7H2,1-2H3. The Balaban J connectivity index is 2.13. The molecule has 1 atom stereocenters. The van der Waals surface area contributed by atoms with Crippen LogP contribution in [0.4, 0.5) is 0 Å². The first kappa shape index (κ1) is 8.06. The molecule has 0 radical (unpaired) electrons. The van der Waals surface area contributed by atoms with E-state index >= 15 is 0 Å². The predicted molar refractivity (Wildman–Crippen MR) is 43.0 cm³/mol. The normalized spacial score (nSPS) is 27.3. The van der Waals surface area contributed by atoms with Gasteiger partial charge in [0.15, 0.2) is 0 Å². The first-order chi connectivity index (χ1) is 4.79. The van der Waals surface area contributed by atoms with Gasteiger partial charge in [0.25, 0.3) is 0 Å². The van der Waals surface area contributed by atoms with Gasteiger partial charge in [-0.25, -0.2) is 0 Å². The maximum absolute atomic E-state index is 5.38. The molecule has 0 N–H and O–H groups in total. The van der Waals surface area contributed by atoms with E-state index in [2.05, 4.69) is 13.8 Å². The zero-order chi connectivity index (χ0) is 7.40. The van der Waals surface area contributed by atoms with Gasteiger partial charge in [0.2, 0.25) is 0 Å². The van der Waals surface area contributed by atoms with Crippen LogP contribution >= 0.6 is 0 Å². The summed E-state index contributed by atoms with van der Waals surface area (Å²) in [7, 11) is 0. The molecule has 1 aliphatic heterocycles. The highest BCUT2D eigenvalue weighted by atomic mass is 16.5. The van der Waals surface area contributed by atoms with E-state index in [9.17, 15) is 0 Å². The number of ether oxygens (including phenoxy) is 1. The van der Waals surface area contributed by atoms with Crippen LogP contribution in [0, 0.1) is 11.8 Å². The third-order valence-corrected chi connectivity index (χ3v) is 2.06. The molecule has 1 heterocycles. The molecule has 10 heavy (non-hydrogen) atoms. The fraction of sp³-hybridized carbons (Fsp3) is 1.00. The van der Waals surface area contributed by atoms with Crippen LogP contribution in [0.1, 0.15) is 33.1 Å². The molecule has 60 valence electrons. The lowest BCUT2D eigenvalue weighted by molar-refractivity contribution is 0.0470. The van der Waals surface area contributed by atoms with Crippen molar-refractivity contribution in [2.45, 2.75) is 33.1 Å². The summed E-state index contributed by atoms with van der Waals surface area (Å²) in [4.78, 5) is 0. The largest absolute Gasteiger partial charge is 0.381 e. The van der Waals surface area contributed by atoms with Crippen LogP contribution in [0.3, 0.4) is 0 Å². The van der Waals surface area contributed by atoms with Crippen molar-refractivity contribution in [2.75, 3.05) is 13.2 Å². The molecular weight excluding hydrogens is 124 g/mol. The van der Waals surface area contributed by atoms with Crippen molar-refractivity contribution in [2.24, 2.45) is 11.8 Å². The lowest BCUT2D eigenvalue weighted by Crippen LogP contribution is -2.18. The molecule has 1 nitrogen and oxygen atoms in total. The highest BCUT2D eigenvalue weighted by Crippen LogP contribution is 2.20. The van der Waals surface area contributed by atoms with Gasteiger partial charge in [-0.1, -0.05) is 13.8 Å². The fourth-order valence-corrected chi connectivity index (χ4v) is 1.66. The lowest BCUT2D eigenvalue weighted by atomic mass is 9.92. The molecule has 1 unspecified atom stereocenters. The Bertz CT molecular complexity index is 82.7. The number of rotatable bonds is 2. The van der Waals surface area contributed by atoms with Gasteiger partial charge < -0.3 is 4.74 Å². The molecule has 0 saturated carbocycles. The van der Waals surface area contributed by atoms with Crippen LogP contribution in [0.15, 0.2) is 0 Å². The molecule has 1 aliphatic rings. The Labute approximate surface area is 63.8 Å². The van der Waals surface area contributed by atoms with E-state index in [-0.39, 0.29) is 0 Å². The molecule has 0 amide bonds. The molecule has 1 rings (SSSR count). The average molecular weight is 142 g/mol. The molecular formula is C9H18O. The minimum Gasteiger partial charge on any atom is -0.381 e. The van der Waals surface area contributed by atoms with E-state index in [1.54, 1.807) is 0 Å². The Hall–Kier alpha value is -0.0400. The summed E-state index contributed by atoms with van der Waals surface area (Å²) in [6.45, 7) is 6.58. The van der Waals surface area contributed by atoms with Crippen molar-refractivity contribution >= 4 is 0 Å². The topological polar surface area (TPSA) is 9.23 Å². The van der Waals surface area contributed by atoms with Crippen LogP contribution in [0.5, 0.6) is 0 Å². The van der Waals surface area contributed by atoms with E-state index in [1.165, 1.54) is 19.3 Å². The Morgan fingerprint density at radius 3 is 2.80 bits per heavy atom. The van der Waals surface area contributed by atoms with Crippen LogP contribution in [0.25, 0.3) is 0 Å². The van der Waals surface area contributed by atoms with E-state index in [0.29, 0.717) is 0 Å². The van der Waals surface area contributed by atoms with Gasteiger partial charge in [0.1, 0.15) is 0 Å². The summed E-state index contributed by atoms with van der Waals surface area (Å²) < 4.78 is 5.38. The molecule has 1 fully saturated rings. The average Bonchev–Trinajstić information content (AvgIpc) is 1.88. The molecule has 0 aliphatic carbocycles. The molecule has 0 aromatic rings. The molecule has 1 saturated heterocycles. The van der Waals surface area contributed by atoms with Crippen LogP contribution in [-0.2, 0) is 4.74 Å². The van der Waals surface area contributed by atoms with Crippen molar-refractivity contribution in [3.05, 3.63) is 0 Å². The van der Waals surface area contributed by atoms with Crippen molar-refractivity contribution in [3.8, 4) is 0 Å². The van der Waals surface area contributed by atoms with Gasteiger partial charge in [0, 0.05) is 13.2 Å². The first-order valence-corrected chi connectivity index (χ1v) is 4.37. The molecule has 0 bridgehead atoms. The summed E-state index contributed by atoms with van der Waals surface area (Å²) >= 11 is 0. The van der Waals surface area contributed by atoms with Gasteiger partial charge in [0.05, 0.1) is 0 Å². The molecule has 0 aromatic heterocycles. The Morgan fingerprint density at radius 1 is 1.50 bits per heavy atom. The van der Waals surface area contributed by atoms with Gasteiger partial charge in [-0.3, -0.25) is 0 Å². The molecule has 1 heteroatoms. The van der Waals surface area contributed by atoms with Crippen molar-refractivity contribution in [3.63, 3.8) is 0 Å². The Morgan fingerprint density at radius 2 is 2.30 bits per heavy atom. The Kier molecular flexibility index (Phi) is 3.20. The lowest BCUT2D eigenvalue weighted by Gasteiger charge is -2.23. The highest BCUT2D eigenvalue weighted by molar-refractivity contribution is 4.64. The summed E-state index contributed by atoms with van der Waals surface area (Å²) in [5.74, 6) is 1.69. The summed E-state index contributed by atoms with van der Waals surface area (Å²) in [6, 6.07) is 0. The third kappa shape index (κ3) is 2.70. The van der Waals surface area contributed by atoms with E-state index in [4.69, 9.17) is 4.74 Å². The quantitative estimate of drug-likeness (QED) is 0.575. The minimum absolute atomic E-state index is 0.840. The van der Waals surface area contributed by atoms with E-state index < -0.39 is 0 Å². The SMILES string of the molecule is CC(C)CC1CCCOC1. The summed E-state index contributed by atoms with van der Waals surface area (Å²) in [5.41, 5.74) is 0. The van der Waals surface area contributed by atoms with Crippen LogP contribution < -0.4 is 0 Å². The van der Waals surface area contributed by atoms with Crippen LogP contribution in [0.2, 0.25) is 0 Å². The summed E-state index contributed by atoms with van der Waals surface area (Å²) in [5, 5.41) is 0. The van der Waals surface area contributed by atoms with Crippen molar-refractivity contribution < 1.29 is 4.74 Å². The predicted octanol–water partition coefficient (Wildman–Crippen LogP) is 2.46. The van der Waals surface area contributed by atoms with Gasteiger partial charge >= 0.3 is 0 Å². The fourth-order valence-electron chi connectivity index (χ4n) is 1.66. The van der Waals surface area contributed by atoms with E-state index in [0.717, 1.165) is 25.0 Å². The van der Waals surface area contributed by atoms with Gasteiger partial charge in [-0.2, -0.15) is 0 Å². The second-order valence-corrected chi connectivity index (χ2v) is 3.71. The van der Waals surface area contributed by atoms with Crippen LogP contribution in [-0.4, -0.2) is 13.2 Å². The second-order valence-electron chi connectivity index (χ2n) is 3.71.